The van der Waals surface area contributed by atoms with Gasteiger partial charge in [-0.15, -0.1) is 0 Å². The van der Waals surface area contributed by atoms with Gasteiger partial charge >= 0.3 is 11.9 Å². The summed E-state index contributed by atoms with van der Waals surface area (Å²) in [4.78, 5) is 94.7. The minimum Gasteiger partial charge on any atom is -0.493 e. The zero-order valence-electron chi connectivity index (χ0n) is 56.1. The summed E-state index contributed by atoms with van der Waals surface area (Å²) < 4.78 is 55.8. The van der Waals surface area contributed by atoms with Crippen LogP contribution in [0.5, 0.6) is 40.2 Å². The highest BCUT2D eigenvalue weighted by molar-refractivity contribution is 6.17. The Morgan fingerprint density at radius 1 is 0.594 bits per heavy atom. The molecule has 3 aromatic heterocycles. The van der Waals surface area contributed by atoms with Crippen LogP contribution in [-0.2, 0) is 38.2 Å². The molecule has 101 heavy (non-hydrogen) atoms. The van der Waals surface area contributed by atoms with Gasteiger partial charge in [0.15, 0.2) is 23.1 Å². The normalized spacial score (nSPS) is 18.1. The Kier molecular flexibility index (Phi) is 21.6. The topological polar surface area (TPSA) is 330 Å². The fourth-order valence-corrected chi connectivity index (χ4v) is 12.4. The zero-order valence-corrected chi connectivity index (χ0v) is 56.1. The largest absolute Gasteiger partial charge is 0.493 e. The highest BCUT2D eigenvalue weighted by atomic mass is 19.1. The maximum absolute atomic E-state index is 15.2. The minimum atomic E-state index is -1.20. The molecule has 1 spiro atoms. The zero-order chi connectivity index (χ0) is 70.8. The number of anilines is 4. The number of ether oxygens (including phenoxy) is 7. The van der Waals surface area contributed by atoms with Crippen LogP contribution in [0.4, 0.5) is 27.3 Å². The number of nitrogens with one attached hydrogen (secondary N) is 4. The number of aromatic nitrogens is 3. The van der Waals surface area contributed by atoms with E-state index in [2.05, 4.69) is 46.0 Å². The summed E-state index contributed by atoms with van der Waals surface area (Å²) in [7, 11) is 5.16. The number of pyridine rings is 3. The molecule has 5 heterocycles. The molecule has 26 nitrogen and oxygen atoms in total. The molecular weight excluding hydrogens is 1300 g/mol. The number of esters is 2. The summed E-state index contributed by atoms with van der Waals surface area (Å²) in [5, 5.41) is 33.7. The van der Waals surface area contributed by atoms with E-state index in [4.69, 9.17) is 38.9 Å². The number of hydrogen-bond donors (Lipinski definition) is 7. The second kappa shape index (κ2) is 31.0. The van der Waals surface area contributed by atoms with Crippen molar-refractivity contribution >= 4 is 80.3 Å². The maximum Gasteiger partial charge on any atom is 0.320 e. The summed E-state index contributed by atoms with van der Waals surface area (Å²) in [5.74, 6) is -0.153. The van der Waals surface area contributed by atoms with Crippen molar-refractivity contribution < 1.29 is 76.5 Å². The third-order valence-corrected chi connectivity index (χ3v) is 18.3. The lowest BCUT2D eigenvalue weighted by Gasteiger charge is -2.21. The number of amides is 4. The molecule has 27 heteroatoms. The predicted octanol–water partition coefficient (Wildman–Crippen LogP) is 7.94. The first-order chi connectivity index (χ1) is 48.8. The van der Waals surface area contributed by atoms with E-state index in [9.17, 15) is 39.0 Å². The first kappa shape index (κ1) is 70.4. The highest BCUT2D eigenvalue weighted by Gasteiger charge is 2.59. The van der Waals surface area contributed by atoms with Crippen molar-refractivity contribution in [1.29, 1.82) is 0 Å². The molecule has 3 saturated carbocycles. The van der Waals surface area contributed by atoms with Crippen LogP contribution in [0, 0.1) is 22.1 Å². The van der Waals surface area contributed by atoms with Crippen LogP contribution >= 0.6 is 0 Å². The minimum absolute atomic E-state index is 0.0208. The summed E-state index contributed by atoms with van der Waals surface area (Å²) >= 11 is 0. The molecule has 2 saturated heterocycles. The van der Waals surface area contributed by atoms with E-state index in [1.54, 1.807) is 102 Å². The smallest absolute Gasteiger partial charge is 0.320 e. The van der Waals surface area contributed by atoms with Gasteiger partial charge in [-0.05, 0) is 138 Å². The van der Waals surface area contributed by atoms with Gasteiger partial charge in [0.1, 0.15) is 77.3 Å². The van der Waals surface area contributed by atoms with Gasteiger partial charge in [-0.3, -0.25) is 53.4 Å². The molecule has 5 aromatic carbocycles. The van der Waals surface area contributed by atoms with E-state index in [1.807, 2.05) is 38.4 Å². The van der Waals surface area contributed by atoms with Gasteiger partial charge in [0.05, 0.1) is 37.4 Å². The molecule has 8 aromatic rings. The number of β-amino-alcohol motifs (C(OH)–C–C–N with tert-alkyl or cyclic N) is 2. The van der Waals surface area contributed by atoms with E-state index in [1.165, 1.54) is 31.6 Å². The number of para-hydroxylation sites is 2. The van der Waals surface area contributed by atoms with Gasteiger partial charge in [-0.1, -0.05) is 36.4 Å². The van der Waals surface area contributed by atoms with E-state index < -0.39 is 52.5 Å². The molecule has 5 aliphatic rings. The molecule has 2 aliphatic heterocycles. The van der Waals surface area contributed by atoms with Crippen molar-refractivity contribution in [3.05, 3.63) is 158 Å². The number of fused-ring (bicyclic) bond motifs is 2. The lowest BCUT2D eigenvalue weighted by molar-refractivity contribution is -0.150. The van der Waals surface area contributed by atoms with Crippen LogP contribution in [0.2, 0.25) is 0 Å². The number of aliphatic hydroxyl groups excluding tert-OH is 2. The molecule has 3 aliphatic carbocycles. The van der Waals surface area contributed by atoms with Gasteiger partial charge in [0.25, 0.3) is 0 Å². The van der Waals surface area contributed by atoms with E-state index in [0.29, 0.717) is 138 Å². The van der Waals surface area contributed by atoms with Crippen LogP contribution in [0.3, 0.4) is 0 Å². The number of methoxy groups -OCH3 is 1. The Bertz CT molecular complexity index is 4320. The first-order valence-electron chi connectivity index (χ1n) is 33.4. The fraction of sp³-hybridized carbons (Fsp3) is 0.365. The van der Waals surface area contributed by atoms with Crippen LogP contribution in [-0.4, -0.2) is 187 Å². The maximum atomic E-state index is 15.2. The van der Waals surface area contributed by atoms with Crippen LogP contribution in [0.25, 0.3) is 21.8 Å². The number of likely N-dealkylation sites (tertiary alicyclic amines) is 2. The van der Waals surface area contributed by atoms with Crippen molar-refractivity contribution in [2.24, 2.45) is 22.0 Å². The second-order valence-corrected chi connectivity index (χ2v) is 26.3. The average molecular weight is 1380 g/mol. The fourth-order valence-electron chi connectivity index (χ4n) is 12.4. The quantitative estimate of drug-likeness (QED) is 0.0181. The Balaban J connectivity index is 0.000000191. The molecule has 4 unspecified atom stereocenters. The summed E-state index contributed by atoms with van der Waals surface area (Å²) in [6, 6.07) is 37.3. The van der Waals surface area contributed by atoms with Gasteiger partial charge in [-0.2, -0.15) is 0 Å². The Morgan fingerprint density at radius 2 is 1.20 bits per heavy atom. The molecule has 13 rings (SSSR count). The molecule has 4 atom stereocenters. The first-order valence-corrected chi connectivity index (χ1v) is 33.4. The average Bonchev–Trinajstić information content (AvgIpc) is 1.61. The number of halogens is 1. The monoisotopic (exact) mass is 1380 g/mol. The number of likely N-dealkylation sites (N-methyl/N-ethyl adjacent to an activating group) is 1. The number of carbonyl (C=O) groups is 6. The second-order valence-electron chi connectivity index (χ2n) is 26.3. The van der Waals surface area contributed by atoms with E-state index in [-0.39, 0.29) is 67.2 Å². The van der Waals surface area contributed by atoms with Crippen LogP contribution in [0.15, 0.2) is 152 Å². The summed E-state index contributed by atoms with van der Waals surface area (Å²) in [6.07, 6.45) is 7.08. The van der Waals surface area contributed by atoms with Crippen molar-refractivity contribution in [2.75, 3.05) is 108 Å². The molecular formula is C74H80FN11O15. The predicted molar refractivity (Wildman–Crippen MR) is 371 cm³/mol. The van der Waals surface area contributed by atoms with Crippen molar-refractivity contribution in [2.45, 2.75) is 69.4 Å². The van der Waals surface area contributed by atoms with Crippen LogP contribution < -0.4 is 50.7 Å². The molecule has 528 valence electrons. The third-order valence-electron chi connectivity index (χ3n) is 18.3. The molecule has 8 N–H and O–H groups in total. The molecule has 0 radical (unpaired) electrons. The lowest BCUT2D eigenvalue weighted by Crippen LogP contribution is -2.35. The van der Waals surface area contributed by atoms with Crippen LogP contribution in [0.1, 0.15) is 44.9 Å². The van der Waals surface area contributed by atoms with Crippen molar-refractivity contribution in [3.63, 3.8) is 0 Å². The number of nitrogens with two attached hydrogens (primary N) is 1. The van der Waals surface area contributed by atoms with Gasteiger partial charge < -0.3 is 70.4 Å². The van der Waals surface area contributed by atoms with E-state index >= 15 is 4.39 Å². The molecule has 0 bridgehead atoms. The Labute approximate surface area is 581 Å². The van der Waals surface area contributed by atoms with Gasteiger partial charge in [0.2, 0.25) is 23.6 Å². The molecule has 5 fully saturated rings. The van der Waals surface area contributed by atoms with Crippen molar-refractivity contribution in [3.8, 4) is 40.2 Å². The van der Waals surface area contributed by atoms with Gasteiger partial charge in [-0.25, -0.2) is 9.37 Å². The highest BCUT2D eigenvalue weighted by Crippen LogP contribution is 2.54. The van der Waals surface area contributed by atoms with Crippen molar-refractivity contribution in [1.82, 2.24) is 29.7 Å². The van der Waals surface area contributed by atoms with E-state index in [0.717, 1.165) is 25.5 Å². The number of rotatable bonds is 28. The summed E-state index contributed by atoms with van der Waals surface area (Å²) in [5.41, 5.74) is 5.63. The third kappa shape index (κ3) is 17.4. The number of aliphatic hydroxyl groups is 2. The Hall–Kier alpha value is -10.4. The number of benzene rings is 5. The number of nitrogens with zero attached hydrogens (tertiary/aromatic N) is 6. The van der Waals surface area contributed by atoms with Gasteiger partial charge in [0, 0.05) is 103 Å². The Morgan fingerprint density at radius 3 is 1.79 bits per heavy atom. The lowest BCUT2D eigenvalue weighted by atomic mass is 10.0. The standard InChI is InChI=1S/C37H38FN5O7.C37H42N6O8/c38-28-16-24(42-35(47)37(13-14-37)34(46)41-23-4-2-1-3-5-23)6-9-31(28)49-30-10-15-40-29-17-26(7-8-27(29)30)48-21-25(44)19-43-20-32(50-33(45)18-39)36(22-43)11-12-36;1-42(2)22-34(45)51-27-12-16-43(21-27)20-25(44)23-49-32-18-29-28(17-31(32)48-3)30(11-15-38-29)50-26-9-10-33(39-19-26)41-36(47)37(13-14-37)35(46)40-24-7-5-4-6-8-24/h1-10,15-17,25,32,44H,11-14,18-22,39H2,(H,41,46)(H,42,47);4-11,15,17-19,25,27,44H,12-14,16,20-23H2,1-3H3,(H,40,46)(H,39,41,47). The molecule has 4 amide bonds. The SMILES string of the molecule is COc1cc2c(Oc3ccc(NC(=O)C4(C(=O)Nc5ccccc5)CC4)nc3)ccnc2cc1OCC(O)CN1CCC(OC(=O)CN(C)C)C1.NCC(=O)OC1CN(CC(O)COc2ccc3c(Oc4ccc(NC(=O)C5(C(=O)Nc6ccccc6)CC5)cc4F)ccnc3c2)CC12CC2. The number of hydrogen-bond acceptors (Lipinski definition) is 22. The summed E-state index contributed by atoms with van der Waals surface area (Å²) in [6.45, 7) is 3.47. The number of carbonyl (C=O) groups excluding carboxylic acids is 6.